The third kappa shape index (κ3) is 5.99. The van der Waals surface area contributed by atoms with Crippen LogP contribution in [0.1, 0.15) is 26.2 Å². The third-order valence-corrected chi connectivity index (χ3v) is 3.11. The maximum Gasteiger partial charge on any atom is 0.328 e. The van der Waals surface area contributed by atoms with Gasteiger partial charge in [0.15, 0.2) is 0 Å². The summed E-state index contributed by atoms with van der Waals surface area (Å²) in [4.78, 5) is 35.3. The van der Waals surface area contributed by atoms with Gasteiger partial charge in [0, 0.05) is 26.3 Å². The van der Waals surface area contributed by atoms with E-state index in [0.717, 1.165) is 17.7 Å². The van der Waals surface area contributed by atoms with Crippen molar-refractivity contribution in [3.63, 3.8) is 0 Å². The molecule has 8 heteroatoms. The molecule has 1 aliphatic rings. The van der Waals surface area contributed by atoms with E-state index in [2.05, 4.69) is 17.6 Å². The summed E-state index contributed by atoms with van der Waals surface area (Å²) in [5.41, 5.74) is 0. The molecule has 0 bridgehead atoms. The van der Waals surface area contributed by atoms with E-state index in [0.29, 0.717) is 26.2 Å². The number of rotatable bonds is 8. The number of unbranched alkanes of at least 4 members (excludes halogenated alkanes) is 1. The van der Waals surface area contributed by atoms with Gasteiger partial charge >= 0.3 is 12.0 Å². The number of carboxylic acid groups (broad SMARTS) is 1. The molecule has 8 nitrogen and oxygen atoms in total. The van der Waals surface area contributed by atoms with E-state index in [1.54, 1.807) is 0 Å². The summed E-state index contributed by atoms with van der Waals surface area (Å²) in [6.45, 7) is 3.41. The lowest BCUT2D eigenvalue weighted by molar-refractivity contribution is -0.144. The van der Waals surface area contributed by atoms with Gasteiger partial charge in [-0.3, -0.25) is 9.69 Å². The summed E-state index contributed by atoms with van der Waals surface area (Å²) in [7, 11) is 0. The minimum absolute atomic E-state index is 0.0677. The van der Waals surface area contributed by atoms with Crippen molar-refractivity contribution >= 4 is 17.9 Å². The highest BCUT2D eigenvalue weighted by molar-refractivity contribution is 5.90. The van der Waals surface area contributed by atoms with Crippen molar-refractivity contribution in [3.8, 4) is 0 Å². The van der Waals surface area contributed by atoms with Gasteiger partial charge in [-0.25, -0.2) is 9.59 Å². The quantitative estimate of drug-likeness (QED) is 0.538. The van der Waals surface area contributed by atoms with E-state index in [-0.39, 0.29) is 19.0 Å². The predicted octanol–water partition coefficient (Wildman–Crippen LogP) is -0.212. The number of nitrogens with one attached hydrogen (secondary N) is 2. The number of aliphatic carboxylic acids is 1. The zero-order valence-corrected chi connectivity index (χ0v) is 12.3. The maximum absolute atomic E-state index is 11.9. The molecular formula is C13H23N3O5. The largest absolute Gasteiger partial charge is 0.480 e. The Morgan fingerprint density at radius 3 is 2.81 bits per heavy atom. The number of ether oxygens (including phenoxy) is 1. The van der Waals surface area contributed by atoms with Gasteiger partial charge in [-0.05, 0) is 12.8 Å². The van der Waals surface area contributed by atoms with Crippen molar-refractivity contribution in [3.05, 3.63) is 0 Å². The Bertz CT molecular complexity index is 375. The molecule has 1 saturated heterocycles. The highest BCUT2D eigenvalue weighted by Crippen LogP contribution is 2.04. The molecule has 0 aromatic carbocycles. The maximum atomic E-state index is 11.9. The molecule has 0 radical (unpaired) electrons. The predicted molar refractivity (Wildman–Crippen MR) is 74.9 cm³/mol. The molecule has 0 saturated carbocycles. The Morgan fingerprint density at radius 2 is 2.14 bits per heavy atom. The van der Waals surface area contributed by atoms with E-state index in [4.69, 9.17) is 9.84 Å². The lowest BCUT2D eigenvalue weighted by Crippen LogP contribution is -2.61. The van der Waals surface area contributed by atoms with Crippen molar-refractivity contribution < 1.29 is 24.2 Å². The molecule has 1 unspecified atom stereocenters. The van der Waals surface area contributed by atoms with E-state index in [9.17, 15) is 14.4 Å². The Kier molecular flexibility index (Phi) is 7.52. The van der Waals surface area contributed by atoms with Crippen LogP contribution in [0.4, 0.5) is 4.79 Å². The van der Waals surface area contributed by atoms with Gasteiger partial charge in [-0.1, -0.05) is 13.3 Å². The first-order chi connectivity index (χ1) is 10.1. The molecule has 120 valence electrons. The van der Waals surface area contributed by atoms with Crippen LogP contribution < -0.4 is 10.6 Å². The van der Waals surface area contributed by atoms with Gasteiger partial charge in [0.05, 0.1) is 0 Å². The van der Waals surface area contributed by atoms with E-state index < -0.39 is 18.0 Å². The molecule has 0 spiro atoms. The standard InChI is InChI=1S/C13H23N3O5/c1-2-3-6-21-7-4-5-14-13(20)16-9-11(17)15-8-10(16)12(18)19/h10H,2-9H2,1H3,(H,14,20)(H,15,17)(H,18,19). The van der Waals surface area contributed by atoms with Crippen LogP contribution in [0.25, 0.3) is 0 Å². The number of nitrogens with zero attached hydrogens (tertiary/aromatic N) is 1. The lowest BCUT2D eigenvalue weighted by Gasteiger charge is -2.32. The first kappa shape index (κ1) is 17.2. The Morgan fingerprint density at radius 1 is 1.43 bits per heavy atom. The fraction of sp³-hybridized carbons (Fsp3) is 0.769. The first-order valence-corrected chi connectivity index (χ1v) is 7.18. The lowest BCUT2D eigenvalue weighted by atomic mass is 10.2. The average Bonchev–Trinajstić information content (AvgIpc) is 2.45. The summed E-state index contributed by atoms with van der Waals surface area (Å²) < 4.78 is 5.35. The molecule has 3 N–H and O–H groups in total. The van der Waals surface area contributed by atoms with Crippen molar-refractivity contribution in [2.24, 2.45) is 0 Å². The summed E-state index contributed by atoms with van der Waals surface area (Å²) in [6, 6.07) is -1.56. The summed E-state index contributed by atoms with van der Waals surface area (Å²) in [5, 5.41) is 14.1. The second-order valence-corrected chi connectivity index (χ2v) is 4.84. The van der Waals surface area contributed by atoms with Crippen molar-refractivity contribution in [2.45, 2.75) is 32.2 Å². The third-order valence-electron chi connectivity index (χ3n) is 3.11. The van der Waals surface area contributed by atoms with Gasteiger partial charge in [-0.2, -0.15) is 0 Å². The topological polar surface area (TPSA) is 108 Å². The van der Waals surface area contributed by atoms with E-state index >= 15 is 0 Å². The second-order valence-electron chi connectivity index (χ2n) is 4.84. The average molecular weight is 301 g/mol. The van der Waals surface area contributed by atoms with Gasteiger partial charge < -0.3 is 20.5 Å². The van der Waals surface area contributed by atoms with Gasteiger partial charge in [0.2, 0.25) is 5.91 Å². The first-order valence-electron chi connectivity index (χ1n) is 7.18. The van der Waals surface area contributed by atoms with Crippen LogP contribution in [0.3, 0.4) is 0 Å². The molecule has 1 atom stereocenters. The number of carbonyl (C=O) groups excluding carboxylic acids is 2. The van der Waals surface area contributed by atoms with Gasteiger partial charge in [0.25, 0.3) is 0 Å². The second kappa shape index (κ2) is 9.17. The van der Waals surface area contributed by atoms with Crippen LogP contribution in [0.2, 0.25) is 0 Å². The summed E-state index contributed by atoms with van der Waals surface area (Å²) >= 11 is 0. The Hall–Kier alpha value is -1.83. The molecule has 0 aromatic rings. The van der Waals surface area contributed by atoms with E-state index in [1.807, 2.05) is 0 Å². The number of piperazine rings is 1. The molecule has 3 amide bonds. The fourth-order valence-corrected chi connectivity index (χ4v) is 1.90. The molecule has 1 heterocycles. The number of carboxylic acids is 1. The molecule has 21 heavy (non-hydrogen) atoms. The summed E-state index contributed by atoms with van der Waals surface area (Å²) in [5.74, 6) is -1.49. The Balaban J connectivity index is 2.28. The highest BCUT2D eigenvalue weighted by Gasteiger charge is 2.34. The van der Waals surface area contributed by atoms with Crippen LogP contribution in [-0.2, 0) is 14.3 Å². The molecule has 1 rings (SSSR count). The Labute approximate surface area is 123 Å². The van der Waals surface area contributed by atoms with Crippen LogP contribution in [-0.4, -0.2) is 66.8 Å². The summed E-state index contributed by atoms with van der Waals surface area (Å²) in [6.07, 6.45) is 2.73. The molecule has 1 aliphatic heterocycles. The molecule has 0 aromatic heterocycles. The van der Waals surface area contributed by atoms with Gasteiger partial charge in [-0.15, -0.1) is 0 Å². The minimum Gasteiger partial charge on any atom is -0.480 e. The number of urea groups is 1. The van der Waals surface area contributed by atoms with Crippen molar-refractivity contribution in [1.29, 1.82) is 0 Å². The molecular weight excluding hydrogens is 278 g/mol. The zero-order valence-electron chi connectivity index (χ0n) is 12.3. The normalized spacial score (nSPS) is 18.2. The highest BCUT2D eigenvalue weighted by atomic mass is 16.5. The number of amides is 3. The number of hydrogen-bond donors (Lipinski definition) is 3. The number of hydrogen-bond acceptors (Lipinski definition) is 4. The monoisotopic (exact) mass is 301 g/mol. The number of carbonyl (C=O) groups is 3. The SMILES string of the molecule is CCCCOCCCNC(=O)N1CC(=O)NCC1C(=O)O. The van der Waals surface area contributed by atoms with Crippen LogP contribution in [0.15, 0.2) is 0 Å². The minimum atomic E-state index is -1.13. The fourth-order valence-electron chi connectivity index (χ4n) is 1.90. The van der Waals surface area contributed by atoms with Crippen molar-refractivity contribution in [2.75, 3.05) is 32.8 Å². The van der Waals surface area contributed by atoms with Crippen LogP contribution >= 0.6 is 0 Å². The van der Waals surface area contributed by atoms with Crippen molar-refractivity contribution in [1.82, 2.24) is 15.5 Å². The molecule has 1 fully saturated rings. The zero-order chi connectivity index (χ0) is 15.7. The van der Waals surface area contributed by atoms with Gasteiger partial charge in [0.1, 0.15) is 12.6 Å². The smallest absolute Gasteiger partial charge is 0.328 e. The van der Waals surface area contributed by atoms with Crippen LogP contribution in [0.5, 0.6) is 0 Å². The molecule has 0 aliphatic carbocycles. The van der Waals surface area contributed by atoms with E-state index in [1.165, 1.54) is 0 Å². The van der Waals surface area contributed by atoms with Crippen LogP contribution in [0, 0.1) is 0 Å².